The number of hydrogen-bond acceptors (Lipinski definition) is 8. The maximum absolute atomic E-state index is 17.1. The van der Waals surface area contributed by atoms with Gasteiger partial charge < -0.3 is 15.0 Å². The fourth-order valence-electron chi connectivity index (χ4n) is 7.74. The van der Waals surface area contributed by atoms with Crippen molar-refractivity contribution in [2.75, 3.05) is 44.7 Å². The zero-order valence-corrected chi connectivity index (χ0v) is 27.4. The van der Waals surface area contributed by atoms with E-state index in [-0.39, 0.29) is 41.0 Å². The Morgan fingerprint density at radius 1 is 1.23 bits per heavy atom. The number of fused-ring (bicyclic) bond motifs is 3. The van der Waals surface area contributed by atoms with Crippen LogP contribution in [0.3, 0.4) is 0 Å². The molecule has 0 unspecified atom stereocenters. The molecule has 3 fully saturated rings. The van der Waals surface area contributed by atoms with Gasteiger partial charge in [0.25, 0.3) is 0 Å². The molecule has 1 N–H and O–H groups in total. The van der Waals surface area contributed by atoms with Crippen LogP contribution in [0.15, 0.2) is 30.5 Å². The molecular weight excluding hydrogens is 615 g/mol. The second kappa shape index (κ2) is 12.2. The Bertz CT molecular complexity index is 2000. The number of aromatic nitrogens is 3. The van der Waals surface area contributed by atoms with Gasteiger partial charge in [0.15, 0.2) is 5.82 Å². The van der Waals surface area contributed by atoms with Gasteiger partial charge in [0, 0.05) is 49.7 Å². The quantitative estimate of drug-likeness (QED) is 0.230. The third-order valence-electron chi connectivity index (χ3n) is 10.4. The van der Waals surface area contributed by atoms with Crippen molar-refractivity contribution in [3.63, 3.8) is 0 Å². The molecule has 2 aromatic carbocycles. The summed E-state index contributed by atoms with van der Waals surface area (Å²) in [5.41, 5.74) is -0.657. The highest BCUT2D eigenvalue weighted by Gasteiger charge is 2.49. The number of terminal acetylenes is 1. The summed E-state index contributed by atoms with van der Waals surface area (Å²) in [7, 11) is 1.89. The Morgan fingerprint density at radius 2 is 2.06 bits per heavy atom. The second-order valence-corrected chi connectivity index (χ2v) is 14.0. The lowest BCUT2D eigenvalue weighted by molar-refractivity contribution is 0.107. The van der Waals surface area contributed by atoms with Gasteiger partial charge in [0.05, 0.1) is 28.0 Å². The van der Waals surface area contributed by atoms with E-state index >= 15 is 8.78 Å². The number of nitrogens with zero attached hydrogens (tertiary/aromatic N) is 6. The molecule has 48 heavy (non-hydrogen) atoms. The molecule has 3 atom stereocenters. The predicted octanol–water partition coefficient (Wildman–Crippen LogP) is 6.05. The average molecular weight is 654 g/mol. The molecule has 11 heteroatoms. The molecule has 248 valence electrons. The van der Waals surface area contributed by atoms with Crippen LogP contribution in [0.5, 0.6) is 6.01 Å². The smallest absolute Gasteiger partial charge is 0.319 e. The predicted molar refractivity (Wildman–Crippen MR) is 180 cm³/mol. The third-order valence-corrected chi connectivity index (χ3v) is 10.4. The maximum Gasteiger partial charge on any atom is 0.319 e. The maximum atomic E-state index is 17.1. The van der Waals surface area contributed by atoms with Gasteiger partial charge in [-0.2, -0.15) is 15.2 Å². The van der Waals surface area contributed by atoms with Crippen molar-refractivity contribution in [2.24, 2.45) is 0 Å². The monoisotopic (exact) mass is 653 g/mol. The lowest BCUT2D eigenvalue weighted by Gasteiger charge is -2.31. The molecule has 0 bridgehead atoms. The van der Waals surface area contributed by atoms with E-state index in [4.69, 9.17) is 16.1 Å². The van der Waals surface area contributed by atoms with E-state index in [1.54, 1.807) is 32.0 Å². The lowest BCUT2D eigenvalue weighted by Crippen LogP contribution is -2.43. The fourth-order valence-corrected chi connectivity index (χ4v) is 7.74. The summed E-state index contributed by atoms with van der Waals surface area (Å²) >= 11 is 0. The molecule has 8 nitrogen and oxygen atoms in total. The van der Waals surface area contributed by atoms with Crippen LogP contribution in [-0.2, 0) is 5.41 Å². The summed E-state index contributed by atoms with van der Waals surface area (Å²) in [5, 5.41) is 14.7. The third kappa shape index (κ3) is 5.49. The number of anilines is 1. The summed E-state index contributed by atoms with van der Waals surface area (Å²) in [5.74, 6) is 1.51. The summed E-state index contributed by atoms with van der Waals surface area (Å²) in [6.07, 6.45) is 10.6. The number of alkyl halides is 1. The summed E-state index contributed by atoms with van der Waals surface area (Å²) in [4.78, 5) is 18.0. The normalized spacial score (nSPS) is 22.6. The van der Waals surface area contributed by atoms with Crippen LogP contribution < -0.4 is 15.0 Å². The highest BCUT2D eigenvalue weighted by atomic mass is 19.1. The molecule has 0 spiro atoms. The standard InChI is InChI=1S/C37H38F3N7O/c1-5-26-29(39)10-9-22-14-23(36(2,3)20-41)15-27(30(22)26)32-31(40)33-28(17-43-32)34(46(4)19-25-8-6-12-42-25)45-35(44-33)48-21-37-11-7-13-47(37)18-24(38)16-37/h1,9-10,14-15,17,24-25,42H,6-8,11-13,16,18-19,21H2,2-4H3/t24-,25+,37+/m1/s1. The average Bonchev–Trinajstić information content (AvgIpc) is 3.80. The van der Waals surface area contributed by atoms with Crippen molar-refractivity contribution >= 4 is 27.5 Å². The first-order chi connectivity index (χ1) is 23.0. The van der Waals surface area contributed by atoms with Crippen molar-refractivity contribution < 1.29 is 17.9 Å². The van der Waals surface area contributed by atoms with E-state index in [2.05, 4.69) is 32.2 Å². The molecule has 0 saturated carbocycles. The number of rotatable bonds is 8. The number of hydrogen-bond donors (Lipinski definition) is 1. The van der Waals surface area contributed by atoms with Gasteiger partial charge >= 0.3 is 6.01 Å². The first-order valence-electron chi connectivity index (χ1n) is 16.5. The Labute approximate surface area is 278 Å². The van der Waals surface area contributed by atoms with Crippen molar-refractivity contribution in [1.29, 1.82) is 5.26 Å². The van der Waals surface area contributed by atoms with Crippen LogP contribution in [0.4, 0.5) is 19.0 Å². The van der Waals surface area contributed by atoms with Gasteiger partial charge in [-0.3, -0.25) is 9.88 Å². The van der Waals surface area contributed by atoms with E-state index in [9.17, 15) is 9.65 Å². The van der Waals surface area contributed by atoms with Crippen molar-refractivity contribution in [3.05, 3.63) is 53.2 Å². The van der Waals surface area contributed by atoms with Gasteiger partial charge in [0.1, 0.15) is 35.6 Å². The Morgan fingerprint density at radius 3 is 2.81 bits per heavy atom. The van der Waals surface area contributed by atoms with Crippen LogP contribution in [0.2, 0.25) is 0 Å². The molecule has 3 saturated heterocycles. The molecule has 2 aromatic heterocycles. The SMILES string of the molecule is C#Cc1c(F)ccc2cc(C(C)(C)C#N)cc(-c3ncc4c(N(C)C[C@@H]5CCCN5)nc(OC[C@@]56CCCN5C[C@H](F)C6)nc4c3F)c12. The minimum Gasteiger partial charge on any atom is -0.461 e. The number of ether oxygens (including phenoxy) is 1. The molecule has 0 radical (unpaired) electrons. The topological polar surface area (TPSA) is 90.2 Å². The molecule has 0 amide bonds. The molecule has 7 rings (SSSR count). The van der Waals surface area contributed by atoms with Crippen LogP contribution in [0.1, 0.15) is 57.1 Å². The van der Waals surface area contributed by atoms with Gasteiger partial charge in [-0.25, -0.2) is 13.2 Å². The Balaban J connectivity index is 1.40. The van der Waals surface area contributed by atoms with Crippen LogP contribution in [0, 0.1) is 35.3 Å². The molecule has 3 aliphatic heterocycles. The zero-order valence-electron chi connectivity index (χ0n) is 27.4. The first kappa shape index (κ1) is 32.1. The number of nitriles is 1. The van der Waals surface area contributed by atoms with E-state index in [1.165, 1.54) is 12.3 Å². The lowest BCUT2D eigenvalue weighted by atomic mass is 9.82. The first-order valence-corrected chi connectivity index (χ1v) is 16.5. The molecule has 5 heterocycles. The molecular formula is C37H38F3N7O. The number of benzene rings is 2. The van der Waals surface area contributed by atoms with Crippen molar-refractivity contribution in [2.45, 2.75) is 69.1 Å². The van der Waals surface area contributed by atoms with Crippen LogP contribution >= 0.6 is 0 Å². The number of halogens is 3. The minimum absolute atomic E-state index is 0.0112. The summed E-state index contributed by atoms with van der Waals surface area (Å²) < 4.78 is 52.9. The number of likely N-dealkylation sites (N-methyl/N-ethyl adjacent to an activating group) is 1. The zero-order chi connectivity index (χ0) is 33.8. The van der Waals surface area contributed by atoms with Crippen LogP contribution in [0.25, 0.3) is 32.9 Å². The van der Waals surface area contributed by atoms with Crippen molar-refractivity contribution in [1.82, 2.24) is 25.2 Å². The Hall–Kier alpha value is -4.45. The number of pyridine rings is 1. The van der Waals surface area contributed by atoms with E-state index in [1.807, 2.05) is 11.9 Å². The van der Waals surface area contributed by atoms with Gasteiger partial charge in [-0.1, -0.05) is 12.0 Å². The van der Waals surface area contributed by atoms with Gasteiger partial charge in [-0.15, -0.1) is 6.42 Å². The fraction of sp³-hybridized carbons (Fsp3) is 0.459. The van der Waals surface area contributed by atoms with E-state index in [0.29, 0.717) is 47.1 Å². The van der Waals surface area contributed by atoms with Crippen LogP contribution in [-0.4, -0.2) is 77.4 Å². The highest BCUT2D eigenvalue weighted by molar-refractivity contribution is 6.02. The highest BCUT2D eigenvalue weighted by Crippen LogP contribution is 2.42. The summed E-state index contributed by atoms with van der Waals surface area (Å²) in [6, 6.07) is 8.79. The number of nitrogens with one attached hydrogen (secondary N) is 1. The summed E-state index contributed by atoms with van der Waals surface area (Å²) in [6.45, 7) is 6.44. The minimum atomic E-state index is -0.944. The van der Waals surface area contributed by atoms with E-state index in [0.717, 1.165) is 38.8 Å². The largest absolute Gasteiger partial charge is 0.461 e. The second-order valence-electron chi connectivity index (χ2n) is 14.0. The van der Waals surface area contributed by atoms with Gasteiger partial charge in [0.2, 0.25) is 0 Å². The molecule has 0 aliphatic carbocycles. The molecule has 3 aliphatic rings. The van der Waals surface area contributed by atoms with E-state index < -0.39 is 28.8 Å². The van der Waals surface area contributed by atoms with Gasteiger partial charge in [-0.05, 0) is 81.8 Å². The molecule has 4 aromatic rings. The Kier molecular flexibility index (Phi) is 8.17. The van der Waals surface area contributed by atoms with Crippen molar-refractivity contribution in [3.8, 4) is 35.7 Å².